The van der Waals surface area contributed by atoms with E-state index in [2.05, 4.69) is 5.32 Å². The first-order valence-electron chi connectivity index (χ1n) is 9.84. The summed E-state index contributed by atoms with van der Waals surface area (Å²) in [6.45, 7) is 3.60. The number of rotatable bonds is 6. The summed E-state index contributed by atoms with van der Waals surface area (Å²) in [5.74, 6) is -0.883. The quantitative estimate of drug-likeness (QED) is 0.144. The number of nitrogens with one attached hydrogen (secondary N) is 1. The molecule has 1 N–H and O–H groups in total. The molecule has 3 aromatic carbocycles. The molecule has 0 unspecified atom stereocenters. The van der Waals surface area contributed by atoms with E-state index >= 15 is 0 Å². The Morgan fingerprint density at radius 1 is 1.03 bits per heavy atom. The molecule has 164 valence electrons. The lowest BCUT2D eigenvalue weighted by Gasteiger charge is -2.08. The van der Waals surface area contributed by atoms with Crippen LogP contribution in [0.5, 0.6) is 5.75 Å². The van der Waals surface area contributed by atoms with E-state index in [-0.39, 0.29) is 16.9 Å². The number of hydrogen-bond acceptors (Lipinski definition) is 6. The molecule has 0 spiro atoms. The van der Waals surface area contributed by atoms with Gasteiger partial charge >= 0.3 is 5.97 Å². The summed E-state index contributed by atoms with van der Waals surface area (Å²) in [5.41, 5.74) is 2.48. The van der Waals surface area contributed by atoms with Gasteiger partial charge in [0.2, 0.25) is 0 Å². The number of nitro groups is 1. The first-order chi connectivity index (χ1) is 15.8. The van der Waals surface area contributed by atoms with E-state index in [1.54, 1.807) is 43.3 Å². The maximum atomic E-state index is 12.5. The summed E-state index contributed by atoms with van der Waals surface area (Å²) >= 11 is 0. The number of ether oxygens (including phenoxy) is 1. The van der Waals surface area contributed by atoms with Crippen LogP contribution in [0, 0.1) is 35.3 Å². The molecule has 0 atom stereocenters. The Bertz CT molecular complexity index is 1290. The van der Waals surface area contributed by atoms with E-state index in [0.29, 0.717) is 22.4 Å². The van der Waals surface area contributed by atoms with Crippen molar-refractivity contribution in [3.63, 3.8) is 0 Å². The van der Waals surface area contributed by atoms with Gasteiger partial charge in [-0.1, -0.05) is 35.9 Å². The third-order valence-electron chi connectivity index (χ3n) is 4.73. The van der Waals surface area contributed by atoms with Crippen molar-refractivity contribution in [2.45, 2.75) is 13.8 Å². The van der Waals surface area contributed by atoms with Crippen molar-refractivity contribution < 1.29 is 19.2 Å². The van der Waals surface area contributed by atoms with Crippen molar-refractivity contribution in [1.29, 1.82) is 5.26 Å². The molecule has 8 heteroatoms. The van der Waals surface area contributed by atoms with Gasteiger partial charge in [-0.05, 0) is 55.3 Å². The summed E-state index contributed by atoms with van der Waals surface area (Å²) in [5, 5.41) is 22.9. The smallest absolute Gasteiger partial charge is 0.343 e. The zero-order valence-corrected chi connectivity index (χ0v) is 17.9. The number of amides is 1. The summed E-state index contributed by atoms with van der Waals surface area (Å²) in [6, 6.07) is 19.2. The molecule has 3 rings (SSSR count). The zero-order chi connectivity index (χ0) is 24.0. The van der Waals surface area contributed by atoms with Crippen LogP contribution in [0.3, 0.4) is 0 Å². The van der Waals surface area contributed by atoms with Crippen LogP contribution in [-0.2, 0) is 4.79 Å². The number of nitrogens with zero attached hydrogens (tertiary/aromatic N) is 2. The fourth-order valence-corrected chi connectivity index (χ4v) is 2.85. The van der Waals surface area contributed by atoms with Crippen LogP contribution in [0.1, 0.15) is 27.0 Å². The Morgan fingerprint density at radius 2 is 1.70 bits per heavy atom. The van der Waals surface area contributed by atoms with E-state index in [0.717, 1.165) is 5.56 Å². The van der Waals surface area contributed by atoms with E-state index < -0.39 is 16.8 Å². The average molecular weight is 441 g/mol. The monoisotopic (exact) mass is 441 g/mol. The highest BCUT2D eigenvalue weighted by Crippen LogP contribution is 2.23. The lowest BCUT2D eigenvalue weighted by Crippen LogP contribution is -2.14. The Labute approximate surface area is 189 Å². The SMILES string of the molecule is Cc1ccc(C(=O)Oc2ccc(/C=C(\C#N)C(=O)Nc3cc([N+](=O)[O-])ccc3C)cc2)cc1. The van der Waals surface area contributed by atoms with Crippen LogP contribution in [0.4, 0.5) is 11.4 Å². The van der Waals surface area contributed by atoms with E-state index in [4.69, 9.17) is 4.74 Å². The maximum absolute atomic E-state index is 12.5. The molecule has 0 radical (unpaired) electrons. The number of anilines is 1. The lowest BCUT2D eigenvalue weighted by molar-refractivity contribution is -0.384. The zero-order valence-electron chi connectivity index (χ0n) is 17.9. The molecule has 33 heavy (non-hydrogen) atoms. The van der Waals surface area contributed by atoms with E-state index in [1.165, 1.54) is 24.3 Å². The molecular weight excluding hydrogens is 422 g/mol. The minimum Gasteiger partial charge on any atom is -0.423 e. The van der Waals surface area contributed by atoms with Gasteiger partial charge in [0.15, 0.2) is 0 Å². The normalized spacial score (nSPS) is 10.8. The number of carbonyl (C=O) groups excluding carboxylic acids is 2. The highest BCUT2D eigenvalue weighted by molar-refractivity contribution is 6.10. The summed E-state index contributed by atoms with van der Waals surface area (Å²) in [7, 11) is 0. The molecule has 0 fully saturated rings. The summed E-state index contributed by atoms with van der Waals surface area (Å²) < 4.78 is 5.34. The molecular formula is C25H19N3O5. The van der Waals surface area contributed by atoms with Crippen LogP contribution in [-0.4, -0.2) is 16.8 Å². The number of esters is 1. The van der Waals surface area contributed by atoms with Crippen molar-refractivity contribution in [1.82, 2.24) is 0 Å². The molecule has 0 heterocycles. The molecule has 1 amide bonds. The van der Waals surface area contributed by atoms with E-state index in [9.17, 15) is 25.0 Å². The molecule has 8 nitrogen and oxygen atoms in total. The highest BCUT2D eigenvalue weighted by Gasteiger charge is 2.14. The first kappa shape index (κ1) is 22.9. The predicted octanol–water partition coefficient (Wildman–Crippen LogP) is 4.98. The third-order valence-corrected chi connectivity index (χ3v) is 4.73. The van der Waals surface area contributed by atoms with Gasteiger partial charge < -0.3 is 10.1 Å². The topological polar surface area (TPSA) is 122 Å². The van der Waals surface area contributed by atoms with Gasteiger partial charge in [0.25, 0.3) is 11.6 Å². The Morgan fingerprint density at radius 3 is 2.30 bits per heavy atom. The molecule has 0 aliphatic carbocycles. The van der Waals surface area contributed by atoms with Gasteiger partial charge in [0.05, 0.1) is 16.2 Å². The van der Waals surface area contributed by atoms with Gasteiger partial charge in [-0.25, -0.2) is 4.79 Å². The molecule has 3 aromatic rings. The molecule has 0 aliphatic heterocycles. The van der Waals surface area contributed by atoms with Gasteiger partial charge in [-0.15, -0.1) is 0 Å². The van der Waals surface area contributed by atoms with Gasteiger partial charge in [0, 0.05) is 12.1 Å². The van der Waals surface area contributed by atoms with Crippen molar-refractivity contribution >= 4 is 29.3 Å². The van der Waals surface area contributed by atoms with Gasteiger partial charge in [-0.2, -0.15) is 5.26 Å². The molecule has 0 aromatic heterocycles. The summed E-state index contributed by atoms with van der Waals surface area (Å²) in [4.78, 5) is 35.2. The number of hydrogen-bond donors (Lipinski definition) is 1. The molecule has 0 bridgehead atoms. The second-order valence-corrected chi connectivity index (χ2v) is 7.20. The highest BCUT2D eigenvalue weighted by atomic mass is 16.6. The molecule has 0 saturated carbocycles. The largest absolute Gasteiger partial charge is 0.423 e. The van der Waals surface area contributed by atoms with E-state index in [1.807, 2.05) is 25.1 Å². The predicted molar refractivity (Wildman–Crippen MR) is 123 cm³/mol. The number of nitriles is 1. The summed E-state index contributed by atoms with van der Waals surface area (Å²) in [6.07, 6.45) is 1.37. The second kappa shape index (κ2) is 10.0. The average Bonchev–Trinajstić information content (AvgIpc) is 2.80. The number of nitro benzene ring substituents is 1. The number of benzene rings is 3. The second-order valence-electron chi connectivity index (χ2n) is 7.20. The van der Waals surface area contributed by atoms with Crippen LogP contribution >= 0.6 is 0 Å². The van der Waals surface area contributed by atoms with Crippen molar-refractivity contribution in [3.8, 4) is 11.8 Å². The van der Waals surface area contributed by atoms with Gasteiger partial charge in [-0.3, -0.25) is 14.9 Å². The maximum Gasteiger partial charge on any atom is 0.343 e. The minimum atomic E-state index is -0.698. The molecule has 0 aliphatic rings. The third kappa shape index (κ3) is 5.89. The van der Waals surface area contributed by atoms with Crippen LogP contribution < -0.4 is 10.1 Å². The minimum absolute atomic E-state index is 0.172. The van der Waals surface area contributed by atoms with Crippen LogP contribution in [0.15, 0.2) is 72.3 Å². The number of carbonyl (C=O) groups is 2. The lowest BCUT2D eigenvalue weighted by atomic mass is 10.1. The number of non-ortho nitro benzene ring substituents is 1. The van der Waals surface area contributed by atoms with Crippen LogP contribution in [0.2, 0.25) is 0 Å². The van der Waals surface area contributed by atoms with Crippen molar-refractivity contribution in [3.05, 3.63) is 105 Å². The Kier molecular flexibility index (Phi) is 6.96. The molecule has 0 saturated heterocycles. The Balaban J connectivity index is 1.72. The van der Waals surface area contributed by atoms with Crippen molar-refractivity contribution in [2.24, 2.45) is 0 Å². The first-order valence-corrected chi connectivity index (χ1v) is 9.84. The van der Waals surface area contributed by atoms with Crippen LogP contribution in [0.25, 0.3) is 6.08 Å². The Hall–Kier alpha value is -4.77. The van der Waals surface area contributed by atoms with Crippen molar-refractivity contribution in [2.75, 3.05) is 5.32 Å². The standard InChI is InChI=1S/C25H19N3O5/c1-16-3-8-19(9-4-16)25(30)33-22-11-6-18(7-12-22)13-20(15-26)24(29)27-23-14-21(28(31)32)10-5-17(23)2/h3-14H,1-2H3,(H,27,29)/b20-13+. The number of aryl methyl sites for hydroxylation is 2. The van der Waals surface area contributed by atoms with Gasteiger partial charge in [0.1, 0.15) is 17.4 Å². The fraction of sp³-hybridized carbons (Fsp3) is 0.0800. The fourth-order valence-electron chi connectivity index (χ4n) is 2.85.